The van der Waals surface area contributed by atoms with Gasteiger partial charge in [-0.3, -0.25) is 0 Å². The second-order valence-corrected chi connectivity index (χ2v) is 7.04. The van der Waals surface area contributed by atoms with Gasteiger partial charge < -0.3 is 4.98 Å². The molecule has 0 saturated carbocycles. The first kappa shape index (κ1) is 15.2. The van der Waals surface area contributed by atoms with Crippen molar-refractivity contribution in [1.29, 1.82) is 0 Å². The summed E-state index contributed by atoms with van der Waals surface area (Å²) in [5.41, 5.74) is 0.887. The maximum Gasteiger partial charge on any atom is 0.258 e. The van der Waals surface area contributed by atoms with Gasteiger partial charge in [0.1, 0.15) is 5.82 Å². The number of aromatic nitrogens is 2. The first-order valence-electron chi connectivity index (χ1n) is 6.24. The summed E-state index contributed by atoms with van der Waals surface area (Å²) in [7, 11) is -3.59. The van der Waals surface area contributed by atoms with E-state index in [4.69, 9.17) is 0 Å². The number of nitrogens with one attached hydrogen (secondary N) is 2. The molecule has 0 aliphatic heterocycles. The number of benzene rings is 1. The summed E-state index contributed by atoms with van der Waals surface area (Å²) in [6, 6.07) is 7.20. The summed E-state index contributed by atoms with van der Waals surface area (Å²) in [6.45, 7) is 3.71. The molecule has 1 unspecified atom stereocenters. The molecule has 108 valence electrons. The van der Waals surface area contributed by atoms with Crippen molar-refractivity contribution in [2.75, 3.05) is 0 Å². The van der Waals surface area contributed by atoms with Crippen LogP contribution in [0.25, 0.3) is 0 Å². The predicted octanol–water partition coefficient (Wildman–Crippen LogP) is 2.77. The number of aryl methyl sites for hydroxylation is 1. The molecule has 0 saturated heterocycles. The third-order valence-electron chi connectivity index (χ3n) is 2.91. The third-order valence-corrected chi connectivity index (χ3v) is 4.85. The van der Waals surface area contributed by atoms with E-state index < -0.39 is 10.0 Å². The number of hydrogen-bond donors (Lipinski definition) is 2. The van der Waals surface area contributed by atoms with E-state index >= 15 is 0 Å². The average molecular weight is 358 g/mol. The molecule has 1 aromatic heterocycles. The van der Waals surface area contributed by atoms with Crippen molar-refractivity contribution in [3.63, 3.8) is 0 Å². The molecular formula is C13H16BrN3O2S. The summed E-state index contributed by atoms with van der Waals surface area (Å²) in [4.78, 5) is 6.81. The number of hydrogen-bond acceptors (Lipinski definition) is 3. The van der Waals surface area contributed by atoms with Crippen LogP contribution in [0.2, 0.25) is 0 Å². The molecule has 0 radical (unpaired) electrons. The second-order valence-electron chi connectivity index (χ2n) is 4.45. The van der Waals surface area contributed by atoms with Crippen molar-refractivity contribution in [3.8, 4) is 0 Å². The lowest BCUT2D eigenvalue weighted by Crippen LogP contribution is -2.27. The van der Waals surface area contributed by atoms with Gasteiger partial charge in [0.15, 0.2) is 5.03 Å². The zero-order chi connectivity index (χ0) is 14.8. The standard InChI is InChI=1S/C13H16BrN3O2S/c1-3-12-15-8-13(16-12)20(18,19)17-9(2)10-5-4-6-11(14)7-10/h4-9,17H,3H2,1-2H3,(H,15,16). The fourth-order valence-electron chi connectivity index (χ4n) is 1.80. The van der Waals surface area contributed by atoms with Crippen LogP contribution in [0.15, 0.2) is 40.0 Å². The lowest BCUT2D eigenvalue weighted by Gasteiger charge is -2.14. The zero-order valence-corrected chi connectivity index (χ0v) is 13.6. The highest BCUT2D eigenvalue weighted by Crippen LogP contribution is 2.19. The van der Waals surface area contributed by atoms with Gasteiger partial charge in [0, 0.05) is 16.9 Å². The number of halogens is 1. The Labute approximate surface area is 127 Å². The van der Waals surface area contributed by atoms with Crippen LogP contribution >= 0.6 is 15.9 Å². The van der Waals surface area contributed by atoms with Crippen LogP contribution < -0.4 is 4.72 Å². The molecule has 0 aliphatic rings. The number of aromatic amines is 1. The molecule has 1 heterocycles. The van der Waals surface area contributed by atoms with Crippen molar-refractivity contribution in [2.24, 2.45) is 0 Å². The second kappa shape index (κ2) is 6.07. The number of nitrogens with zero attached hydrogens (tertiary/aromatic N) is 1. The van der Waals surface area contributed by atoms with Crippen LogP contribution in [0.5, 0.6) is 0 Å². The van der Waals surface area contributed by atoms with Crippen molar-refractivity contribution < 1.29 is 8.42 Å². The van der Waals surface area contributed by atoms with Gasteiger partial charge >= 0.3 is 0 Å². The van der Waals surface area contributed by atoms with Crippen LogP contribution in [0.1, 0.15) is 31.3 Å². The normalized spacial score (nSPS) is 13.3. The van der Waals surface area contributed by atoms with Crippen molar-refractivity contribution in [1.82, 2.24) is 14.7 Å². The molecule has 20 heavy (non-hydrogen) atoms. The van der Waals surface area contributed by atoms with E-state index in [1.807, 2.05) is 31.2 Å². The highest BCUT2D eigenvalue weighted by atomic mass is 79.9. The minimum absolute atomic E-state index is 0.0937. The highest BCUT2D eigenvalue weighted by Gasteiger charge is 2.20. The van der Waals surface area contributed by atoms with Gasteiger partial charge in [-0.1, -0.05) is 35.0 Å². The fraction of sp³-hybridized carbons (Fsp3) is 0.308. The van der Waals surface area contributed by atoms with Crippen LogP contribution in [-0.4, -0.2) is 18.4 Å². The van der Waals surface area contributed by atoms with E-state index in [1.54, 1.807) is 6.92 Å². The molecular weight excluding hydrogens is 342 g/mol. The summed E-state index contributed by atoms with van der Waals surface area (Å²) in [6.07, 6.45) is 2.01. The Kier molecular flexibility index (Phi) is 4.62. The quantitative estimate of drug-likeness (QED) is 0.863. The molecule has 0 amide bonds. The molecule has 1 aromatic carbocycles. The van der Waals surface area contributed by atoms with Crippen molar-refractivity contribution in [2.45, 2.75) is 31.3 Å². The third kappa shape index (κ3) is 3.47. The van der Waals surface area contributed by atoms with Gasteiger partial charge in [-0.25, -0.2) is 18.1 Å². The fourth-order valence-corrected chi connectivity index (χ4v) is 3.39. The minimum Gasteiger partial charge on any atom is -0.332 e. The van der Waals surface area contributed by atoms with Crippen LogP contribution in [0.4, 0.5) is 0 Å². The Morgan fingerprint density at radius 1 is 1.45 bits per heavy atom. The van der Waals surface area contributed by atoms with E-state index in [0.717, 1.165) is 10.0 Å². The van der Waals surface area contributed by atoms with E-state index in [2.05, 4.69) is 30.6 Å². The van der Waals surface area contributed by atoms with Gasteiger partial charge in [-0.2, -0.15) is 0 Å². The molecule has 0 bridgehead atoms. The average Bonchev–Trinajstić information content (AvgIpc) is 2.87. The van der Waals surface area contributed by atoms with E-state index in [9.17, 15) is 8.42 Å². The van der Waals surface area contributed by atoms with E-state index in [1.165, 1.54) is 6.20 Å². The number of imidazole rings is 1. The predicted molar refractivity (Wildman–Crippen MR) is 80.8 cm³/mol. The summed E-state index contributed by atoms with van der Waals surface area (Å²) >= 11 is 3.37. The summed E-state index contributed by atoms with van der Waals surface area (Å²) in [5, 5.41) is 0.0937. The van der Waals surface area contributed by atoms with E-state index in [0.29, 0.717) is 12.2 Å². The minimum atomic E-state index is -3.59. The topological polar surface area (TPSA) is 74.8 Å². The molecule has 0 spiro atoms. The number of rotatable bonds is 5. The van der Waals surface area contributed by atoms with Crippen molar-refractivity contribution in [3.05, 3.63) is 46.3 Å². The van der Waals surface area contributed by atoms with Crippen molar-refractivity contribution >= 4 is 26.0 Å². The van der Waals surface area contributed by atoms with Gasteiger partial charge in [-0.05, 0) is 24.6 Å². The van der Waals surface area contributed by atoms with Gasteiger partial charge in [0.25, 0.3) is 10.0 Å². The van der Waals surface area contributed by atoms with Crippen LogP contribution in [-0.2, 0) is 16.4 Å². The highest BCUT2D eigenvalue weighted by molar-refractivity contribution is 9.10. The first-order chi connectivity index (χ1) is 9.42. The Balaban J connectivity index is 2.19. The van der Waals surface area contributed by atoms with Gasteiger partial charge in [0.05, 0.1) is 6.20 Å². The first-order valence-corrected chi connectivity index (χ1v) is 8.51. The summed E-state index contributed by atoms with van der Waals surface area (Å²) < 4.78 is 28.0. The molecule has 2 N–H and O–H groups in total. The van der Waals surface area contributed by atoms with Crippen LogP contribution in [0, 0.1) is 0 Å². The SMILES string of the molecule is CCc1ncc(S(=O)(=O)NC(C)c2cccc(Br)c2)[nH]1. The Morgan fingerprint density at radius 3 is 2.80 bits per heavy atom. The Bertz CT molecular complexity index is 697. The van der Waals surface area contributed by atoms with E-state index in [-0.39, 0.29) is 11.1 Å². The lowest BCUT2D eigenvalue weighted by atomic mass is 10.1. The molecule has 5 nitrogen and oxygen atoms in total. The molecule has 2 aromatic rings. The zero-order valence-electron chi connectivity index (χ0n) is 11.2. The van der Waals surface area contributed by atoms with Gasteiger partial charge in [-0.15, -0.1) is 0 Å². The maximum atomic E-state index is 12.2. The van der Waals surface area contributed by atoms with Crippen LogP contribution in [0.3, 0.4) is 0 Å². The Hall–Kier alpha value is -1.18. The maximum absolute atomic E-state index is 12.2. The Morgan fingerprint density at radius 2 is 2.20 bits per heavy atom. The number of H-pyrrole nitrogens is 1. The smallest absolute Gasteiger partial charge is 0.258 e. The molecule has 0 aliphatic carbocycles. The number of sulfonamides is 1. The molecule has 7 heteroatoms. The molecule has 2 rings (SSSR count). The monoisotopic (exact) mass is 357 g/mol. The van der Waals surface area contributed by atoms with Gasteiger partial charge in [0.2, 0.25) is 0 Å². The lowest BCUT2D eigenvalue weighted by molar-refractivity contribution is 0.563. The largest absolute Gasteiger partial charge is 0.332 e. The molecule has 1 atom stereocenters. The summed E-state index contributed by atoms with van der Waals surface area (Å²) in [5.74, 6) is 0.653. The molecule has 0 fully saturated rings.